The van der Waals surface area contributed by atoms with Crippen LogP contribution in [0.4, 0.5) is 0 Å². The van der Waals surface area contributed by atoms with Crippen molar-refractivity contribution >= 4 is 5.91 Å². The smallest absolute Gasteiger partial charge is 0.236 e. The molecule has 0 aromatic rings. The van der Waals surface area contributed by atoms with Crippen molar-refractivity contribution in [2.45, 2.75) is 52.6 Å². The molecule has 0 radical (unpaired) electrons. The van der Waals surface area contributed by atoms with Crippen LogP contribution in [0.2, 0.25) is 0 Å². The van der Waals surface area contributed by atoms with Crippen LogP contribution in [0, 0.1) is 11.8 Å². The van der Waals surface area contributed by atoms with E-state index in [1.807, 2.05) is 0 Å². The number of rotatable bonds is 6. The maximum Gasteiger partial charge on any atom is 0.236 e. The Bertz CT molecular complexity index is 266. The average molecular weight is 255 g/mol. The van der Waals surface area contributed by atoms with Crippen LogP contribution in [0.1, 0.15) is 40.5 Å². The summed E-state index contributed by atoms with van der Waals surface area (Å²) in [6.45, 7) is 11.6. The van der Waals surface area contributed by atoms with E-state index in [1.165, 1.54) is 6.42 Å². The van der Waals surface area contributed by atoms with Gasteiger partial charge in [0.25, 0.3) is 0 Å². The zero-order chi connectivity index (χ0) is 13.7. The minimum absolute atomic E-state index is 0.00620. The zero-order valence-electron chi connectivity index (χ0n) is 12.3. The molecule has 0 bridgehead atoms. The Kier molecular flexibility index (Phi) is 6.09. The van der Waals surface area contributed by atoms with Crippen LogP contribution < -0.4 is 11.1 Å². The molecule has 3 N–H and O–H groups in total. The van der Waals surface area contributed by atoms with Gasteiger partial charge in [-0.1, -0.05) is 13.8 Å². The molecule has 1 fully saturated rings. The highest BCUT2D eigenvalue weighted by molar-refractivity contribution is 5.81. The van der Waals surface area contributed by atoms with E-state index in [0.717, 1.165) is 26.1 Å². The van der Waals surface area contributed by atoms with Crippen molar-refractivity contribution in [1.29, 1.82) is 0 Å². The predicted molar refractivity (Wildman–Crippen MR) is 75.3 cm³/mol. The summed E-state index contributed by atoms with van der Waals surface area (Å²) in [5.41, 5.74) is 5.86. The van der Waals surface area contributed by atoms with E-state index in [1.54, 1.807) is 0 Å². The fourth-order valence-electron chi connectivity index (χ4n) is 2.49. The normalized spacial score (nSPS) is 22.7. The van der Waals surface area contributed by atoms with Gasteiger partial charge >= 0.3 is 0 Å². The fourth-order valence-corrected chi connectivity index (χ4v) is 2.49. The van der Waals surface area contributed by atoms with Crippen LogP contribution in [0.3, 0.4) is 0 Å². The van der Waals surface area contributed by atoms with Crippen LogP contribution in [0.25, 0.3) is 0 Å². The quantitative estimate of drug-likeness (QED) is 0.750. The average Bonchev–Trinajstić information content (AvgIpc) is 2.73. The van der Waals surface area contributed by atoms with Crippen LogP contribution in [-0.2, 0) is 4.79 Å². The highest BCUT2D eigenvalue weighted by Crippen LogP contribution is 2.17. The first-order valence-electron chi connectivity index (χ1n) is 7.17. The number of nitrogens with two attached hydrogens (primary N) is 1. The van der Waals surface area contributed by atoms with Gasteiger partial charge in [0.05, 0.1) is 6.04 Å². The van der Waals surface area contributed by atoms with Gasteiger partial charge in [0, 0.05) is 19.1 Å². The van der Waals surface area contributed by atoms with E-state index in [0.29, 0.717) is 17.9 Å². The van der Waals surface area contributed by atoms with E-state index in [4.69, 9.17) is 5.73 Å². The lowest BCUT2D eigenvalue weighted by Crippen LogP contribution is -2.43. The van der Waals surface area contributed by atoms with Crippen LogP contribution >= 0.6 is 0 Å². The summed E-state index contributed by atoms with van der Waals surface area (Å²) in [4.78, 5) is 14.3. The molecular formula is C14H29N3O. The Morgan fingerprint density at radius 1 is 1.39 bits per heavy atom. The Morgan fingerprint density at radius 3 is 2.56 bits per heavy atom. The summed E-state index contributed by atoms with van der Waals surface area (Å²) >= 11 is 0. The summed E-state index contributed by atoms with van der Waals surface area (Å²) in [5.74, 6) is 1.06. The number of carbonyl (C=O) groups is 1. The molecule has 0 aromatic carbocycles. The van der Waals surface area contributed by atoms with Crippen molar-refractivity contribution in [2.24, 2.45) is 17.6 Å². The standard InChI is InChI=1S/C14H29N3O/c1-10(2)7-13(15)14(18)16-8-12-5-6-17(9-12)11(3)4/h10-13H,5-9,15H2,1-4H3,(H,16,18)/t12?,13-/m1/s1. The first-order valence-corrected chi connectivity index (χ1v) is 7.17. The number of nitrogens with zero attached hydrogens (tertiary/aromatic N) is 1. The number of carbonyl (C=O) groups excluding carboxylic acids is 1. The summed E-state index contributed by atoms with van der Waals surface area (Å²) in [5, 5.41) is 3.00. The van der Waals surface area contributed by atoms with Gasteiger partial charge in [0.15, 0.2) is 0 Å². The van der Waals surface area contributed by atoms with Gasteiger partial charge in [-0.15, -0.1) is 0 Å². The summed E-state index contributed by atoms with van der Waals surface area (Å²) in [7, 11) is 0. The van der Waals surface area contributed by atoms with Crippen molar-refractivity contribution in [3.05, 3.63) is 0 Å². The molecule has 1 unspecified atom stereocenters. The molecule has 0 saturated carbocycles. The second-order valence-electron chi connectivity index (χ2n) is 6.22. The van der Waals surface area contributed by atoms with Gasteiger partial charge < -0.3 is 16.0 Å². The van der Waals surface area contributed by atoms with E-state index in [9.17, 15) is 4.79 Å². The first kappa shape index (κ1) is 15.4. The largest absolute Gasteiger partial charge is 0.354 e. The monoisotopic (exact) mass is 255 g/mol. The fraction of sp³-hybridized carbons (Fsp3) is 0.929. The van der Waals surface area contributed by atoms with Crippen molar-refractivity contribution in [1.82, 2.24) is 10.2 Å². The predicted octanol–water partition coefficient (Wildman–Crippen LogP) is 1.21. The van der Waals surface area contributed by atoms with Gasteiger partial charge in [-0.05, 0) is 45.1 Å². The lowest BCUT2D eigenvalue weighted by atomic mass is 10.0. The lowest BCUT2D eigenvalue weighted by molar-refractivity contribution is -0.122. The van der Waals surface area contributed by atoms with Crippen LogP contribution in [0.5, 0.6) is 0 Å². The highest BCUT2D eigenvalue weighted by atomic mass is 16.2. The minimum Gasteiger partial charge on any atom is -0.354 e. The summed E-state index contributed by atoms with van der Waals surface area (Å²) < 4.78 is 0. The molecule has 18 heavy (non-hydrogen) atoms. The van der Waals surface area contributed by atoms with Gasteiger partial charge in [-0.25, -0.2) is 0 Å². The van der Waals surface area contributed by atoms with E-state index >= 15 is 0 Å². The van der Waals surface area contributed by atoms with Crippen LogP contribution in [0.15, 0.2) is 0 Å². The maximum absolute atomic E-state index is 11.8. The van der Waals surface area contributed by atoms with Crippen molar-refractivity contribution < 1.29 is 4.79 Å². The Labute approximate surface area is 111 Å². The molecule has 1 amide bonds. The maximum atomic E-state index is 11.8. The molecule has 1 aliphatic heterocycles. The Balaban J connectivity index is 2.23. The third-order valence-electron chi connectivity index (χ3n) is 3.67. The van der Waals surface area contributed by atoms with Gasteiger partial charge in [-0.2, -0.15) is 0 Å². The number of likely N-dealkylation sites (tertiary alicyclic amines) is 1. The second-order valence-corrected chi connectivity index (χ2v) is 6.22. The molecule has 0 aliphatic carbocycles. The first-order chi connectivity index (χ1) is 8.40. The summed E-state index contributed by atoms with van der Waals surface area (Å²) in [6, 6.07) is 0.251. The number of nitrogens with one attached hydrogen (secondary N) is 1. The zero-order valence-corrected chi connectivity index (χ0v) is 12.3. The van der Waals surface area contributed by atoms with Crippen molar-refractivity contribution in [3.63, 3.8) is 0 Å². The van der Waals surface area contributed by atoms with Crippen molar-refractivity contribution in [3.8, 4) is 0 Å². The molecule has 0 aromatic heterocycles. The number of hydrogen-bond acceptors (Lipinski definition) is 3. The molecular weight excluding hydrogens is 226 g/mol. The summed E-state index contributed by atoms with van der Waals surface area (Å²) in [6.07, 6.45) is 1.94. The second kappa shape index (κ2) is 7.10. The molecule has 4 heteroatoms. The lowest BCUT2D eigenvalue weighted by Gasteiger charge is -2.20. The molecule has 0 spiro atoms. The van der Waals surface area contributed by atoms with Crippen LogP contribution in [-0.4, -0.2) is 42.5 Å². The van der Waals surface area contributed by atoms with E-state index < -0.39 is 0 Å². The molecule has 1 rings (SSSR count). The molecule has 106 valence electrons. The van der Waals surface area contributed by atoms with Gasteiger partial charge in [0.2, 0.25) is 5.91 Å². The minimum atomic E-state index is -0.354. The molecule has 4 nitrogen and oxygen atoms in total. The third kappa shape index (κ3) is 4.94. The number of hydrogen-bond donors (Lipinski definition) is 2. The topological polar surface area (TPSA) is 58.4 Å². The van der Waals surface area contributed by atoms with Gasteiger partial charge in [-0.3, -0.25) is 4.79 Å². The number of amides is 1. The Morgan fingerprint density at radius 2 is 2.06 bits per heavy atom. The van der Waals surface area contributed by atoms with E-state index in [2.05, 4.69) is 37.9 Å². The van der Waals surface area contributed by atoms with Gasteiger partial charge in [0.1, 0.15) is 0 Å². The highest BCUT2D eigenvalue weighted by Gasteiger charge is 2.25. The third-order valence-corrected chi connectivity index (χ3v) is 3.67. The van der Waals surface area contributed by atoms with Crippen molar-refractivity contribution in [2.75, 3.05) is 19.6 Å². The SMILES string of the molecule is CC(C)C[C@@H](N)C(=O)NCC1CCN(C(C)C)C1. The molecule has 1 heterocycles. The molecule has 2 atom stereocenters. The van der Waals surface area contributed by atoms with E-state index in [-0.39, 0.29) is 11.9 Å². The Hall–Kier alpha value is -0.610. The molecule has 1 saturated heterocycles. The molecule has 1 aliphatic rings.